The fourth-order valence-electron chi connectivity index (χ4n) is 11.6. The SMILES string of the molecule is c1ccc2c(c1)-c1ccccc1C21c2cc(-c3cnc4c5ccccc5c5ccccc5c4n3)ccc2-c2ccc(-c3c4oc5ccccc5c4cc4oc5ccccc5c34)cc21. The Balaban J connectivity index is 1.02. The van der Waals surface area contributed by atoms with Crippen LogP contribution in [0, 0.1) is 0 Å². The summed E-state index contributed by atoms with van der Waals surface area (Å²) in [5.74, 6) is 0. The highest BCUT2D eigenvalue weighted by Gasteiger charge is 2.52. The number of nitrogens with zero attached hydrogens (tertiary/aromatic N) is 2. The fraction of sp³-hybridized carbons (Fsp3) is 0.0169. The molecule has 290 valence electrons. The van der Waals surface area contributed by atoms with Crippen LogP contribution in [-0.4, -0.2) is 9.97 Å². The maximum atomic E-state index is 6.87. The van der Waals surface area contributed by atoms with Gasteiger partial charge in [0.1, 0.15) is 22.3 Å². The van der Waals surface area contributed by atoms with Gasteiger partial charge in [0.2, 0.25) is 0 Å². The summed E-state index contributed by atoms with van der Waals surface area (Å²) in [5.41, 5.74) is 18.7. The van der Waals surface area contributed by atoms with Crippen LogP contribution in [0.4, 0.5) is 0 Å². The molecule has 13 aromatic rings. The Morgan fingerprint density at radius 1 is 0.365 bits per heavy atom. The Bertz CT molecular complexity index is 4080. The standard InChI is InChI=1S/C59H32N2O2/c1-3-18-42-35(13-1)36-14-2-4-19-43(36)57-56(42)60-32-50(61-57)33-25-27-39-40-28-26-34(30-49(40)59(48(39)29-33)46-21-9-5-15-37(46)38-16-6-10-22-47(38)59)54-55-44-20-8-12-24-52(44)62-53(55)31-45-41-17-7-11-23-51(41)63-58(45)54/h1-32H. The molecule has 0 unspecified atom stereocenters. The molecular weight excluding hydrogens is 769 g/mol. The van der Waals surface area contributed by atoms with Crippen molar-refractivity contribution < 1.29 is 8.83 Å². The summed E-state index contributed by atoms with van der Waals surface area (Å²) in [7, 11) is 0. The van der Waals surface area contributed by atoms with Gasteiger partial charge in [-0.15, -0.1) is 0 Å². The Morgan fingerprint density at radius 3 is 1.59 bits per heavy atom. The molecule has 2 aliphatic carbocycles. The summed E-state index contributed by atoms with van der Waals surface area (Å²) >= 11 is 0. The number of furan rings is 2. The molecule has 0 aliphatic heterocycles. The Morgan fingerprint density at radius 2 is 0.889 bits per heavy atom. The van der Waals surface area contributed by atoms with E-state index in [0.29, 0.717) is 0 Å². The van der Waals surface area contributed by atoms with Crippen molar-refractivity contribution in [2.45, 2.75) is 5.41 Å². The molecule has 1 spiro atoms. The summed E-state index contributed by atoms with van der Waals surface area (Å²) in [5, 5.41) is 8.85. The summed E-state index contributed by atoms with van der Waals surface area (Å²) in [6.45, 7) is 0. The molecule has 0 saturated carbocycles. The van der Waals surface area contributed by atoms with Gasteiger partial charge in [-0.2, -0.15) is 0 Å². The Kier molecular flexibility index (Phi) is 6.32. The van der Waals surface area contributed by atoms with E-state index in [2.05, 4.69) is 176 Å². The lowest BCUT2D eigenvalue weighted by Gasteiger charge is -2.31. The fourth-order valence-corrected chi connectivity index (χ4v) is 11.6. The number of fused-ring (bicyclic) bond motifs is 22. The molecule has 15 rings (SSSR count). The third kappa shape index (κ3) is 4.20. The largest absolute Gasteiger partial charge is 0.456 e. The maximum Gasteiger partial charge on any atom is 0.144 e. The van der Waals surface area contributed by atoms with E-state index >= 15 is 0 Å². The quantitative estimate of drug-likeness (QED) is 0.163. The van der Waals surface area contributed by atoms with E-state index in [0.717, 1.165) is 88.1 Å². The topological polar surface area (TPSA) is 52.1 Å². The summed E-state index contributed by atoms with van der Waals surface area (Å²) in [6.07, 6.45) is 1.96. The number of hydrogen-bond donors (Lipinski definition) is 0. The van der Waals surface area contributed by atoms with Gasteiger partial charge in [-0.3, -0.25) is 4.98 Å². The van der Waals surface area contributed by atoms with Gasteiger partial charge in [0.25, 0.3) is 0 Å². The van der Waals surface area contributed by atoms with Gasteiger partial charge in [-0.25, -0.2) is 4.98 Å². The zero-order valence-corrected chi connectivity index (χ0v) is 33.7. The first-order chi connectivity index (χ1) is 31.2. The predicted octanol–water partition coefficient (Wildman–Crippen LogP) is 15.4. The molecule has 3 aromatic heterocycles. The van der Waals surface area contributed by atoms with Crippen LogP contribution < -0.4 is 0 Å². The van der Waals surface area contributed by atoms with Crippen LogP contribution in [0.25, 0.3) is 121 Å². The van der Waals surface area contributed by atoms with Crippen LogP contribution in [0.2, 0.25) is 0 Å². The Labute approximate surface area is 360 Å². The van der Waals surface area contributed by atoms with Crippen molar-refractivity contribution in [1.82, 2.24) is 9.97 Å². The van der Waals surface area contributed by atoms with Crippen LogP contribution in [0.1, 0.15) is 22.3 Å². The molecule has 0 amide bonds. The number of para-hydroxylation sites is 2. The van der Waals surface area contributed by atoms with Crippen molar-refractivity contribution in [2.24, 2.45) is 0 Å². The summed E-state index contributed by atoms with van der Waals surface area (Å²) < 4.78 is 13.5. The molecule has 0 fully saturated rings. The molecular formula is C59H32N2O2. The van der Waals surface area contributed by atoms with E-state index in [9.17, 15) is 0 Å². The molecule has 2 aliphatic rings. The highest BCUT2D eigenvalue weighted by Crippen LogP contribution is 2.64. The minimum absolute atomic E-state index is 0.601. The minimum Gasteiger partial charge on any atom is -0.456 e. The molecule has 0 bridgehead atoms. The summed E-state index contributed by atoms with van der Waals surface area (Å²) in [4.78, 5) is 10.6. The van der Waals surface area contributed by atoms with E-state index in [4.69, 9.17) is 18.8 Å². The van der Waals surface area contributed by atoms with Gasteiger partial charge >= 0.3 is 0 Å². The average molecular weight is 801 g/mol. The van der Waals surface area contributed by atoms with Crippen molar-refractivity contribution in [1.29, 1.82) is 0 Å². The molecule has 0 radical (unpaired) electrons. The second-order valence-corrected chi connectivity index (χ2v) is 17.1. The Hall–Kier alpha value is -8.34. The van der Waals surface area contributed by atoms with E-state index in [1.165, 1.54) is 55.3 Å². The maximum absolute atomic E-state index is 6.87. The van der Waals surface area contributed by atoms with E-state index in [-0.39, 0.29) is 0 Å². The highest BCUT2D eigenvalue weighted by atomic mass is 16.3. The van der Waals surface area contributed by atoms with Gasteiger partial charge in [-0.1, -0.05) is 158 Å². The lowest BCUT2D eigenvalue weighted by Crippen LogP contribution is -2.26. The third-order valence-corrected chi connectivity index (χ3v) is 14.1. The minimum atomic E-state index is -0.601. The molecule has 4 heteroatoms. The molecule has 0 N–H and O–H groups in total. The van der Waals surface area contributed by atoms with Gasteiger partial charge in [0.05, 0.1) is 28.3 Å². The molecule has 3 heterocycles. The molecule has 0 saturated heterocycles. The first-order valence-electron chi connectivity index (χ1n) is 21.6. The van der Waals surface area contributed by atoms with Crippen LogP contribution >= 0.6 is 0 Å². The second-order valence-electron chi connectivity index (χ2n) is 17.1. The van der Waals surface area contributed by atoms with Crippen LogP contribution in [-0.2, 0) is 5.41 Å². The van der Waals surface area contributed by atoms with Crippen molar-refractivity contribution in [3.05, 3.63) is 217 Å². The zero-order valence-electron chi connectivity index (χ0n) is 33.7. The number of benzene rings is 10. The van der Waals surface area contributed by atoms with Crippen LogP contribution in [0.5, 0.6) is 0 Å². The molecule has 63 heavy (non-hydrogen) atoms. The molecule has 0 atom stereocenters. The zero-order chi connectivity index (χ0) is 41.0. The van der Waals surface area contributed by atoms with E-state index in [1.807, 2.05) is 18.3 Å². The van der Waals surface area contributed by atoms with Crippen molar-refractivity contribution >= 4 is 76.5 Å². The van der Waals surface area contributed by atoms with Crippen LogP contribution in [0.3, 0.4) is 0 Å². The van der Waals surface area contributed by atoms with Crippen molar-refractivity contribution in [3.8, 4) is 44.6 Å². The van der Waals surface area contributed by atoms with Crippen molar-refractivity contribution in [3.63, 3.8) is 0 Å². The van der Waals surface area contributed by atoms with Crippen LogP contribution in [0.15, 0.2) is 203 Å². The monoisotopic (exact) mass is 800 g/mol. The predicted molar refractivity (Wildman–Crippen MR) is 256 cm³/mol. The highest BCUT2D eigenvalue weighted by molar-refractivity contribution is 6.24. The van der Waals surface area contributed by atoms with Gasteiger partial charge in [0, 0.05) is 43.4 Å². The first kappa shape index (κ1) is 33.4. The van der Waals surface area contributed by atoms with Crippen molar-refractivity contribution in [2.75, 3.05) is 0 Å². The van der Waals surface area contributed by atoms with Gasteiger partial charge in [0.15, 0.2) is 0 Å². The van der Waals surface area contributed by atoms with Gasteiger partial charge in [-0.05, 0) is 91.2 Å². The van der Waals surface area contributed by atoms with E-state index in [1.54, 1.807) is 0 Å². The lowest BCUT2D eigenvalue weighted by molar-refractivity contribution is 0.664. The lowest BCUT2D eigenvalue weighted by atomic mass is 9.70. The molecule has 4 nitrogen and oxygen atoms in total. The number of hydrogen-bond acceptors (Lipinski definition) is 4. The second kappa shape index (κ2) is 11.9. The molecule has 10 aromatic carbocycles. The number of rotatable bonds is 2. The summed E-state index contributed by atoms with van der Waals surface area (Å²) in [6, 6.07) is 67.9. The third-order valence-electron chi connectivity index (χ3n) is 14.1. The van der Waals surface area contributed by atoms with Gasteiger partial charge < -0.3 is 8.83 Å². The smallest absolute Gasteiger partial charge is 0.144 e. The van der Waals surface area contributed by atoms with E-state index < -0.39 is 5.41 Å². The first-order valence-corrected chi connectivity index (χ1v) is 21.6. The normalized spacial score (nSPS) is 13.5. The number of aromatic nitrogens is 2. The average Bonchev–Trinajstić information content (AvgIpc) is 4.08.